The molecule has 0 saturated carbocycles. The SMILES string of the molecule is Cc1ccc(S(=O)(=O)N2CCN(C(=O)Cc3ccc(O)cc3)CC2)c(C)c1. The van der Waals surface area contributed by atoms with Crippen LogP contribution in [0.5, 0.6) is 5.75 Å². The summed E-state index contributed by atoms with van der Waals surface area (Å²) in [4.78, 5) is 14.5. The summed E-state index contributed by atoms with van der Waals surface area (Å²) in [5.74, 6) is 0.126. The van der Waals surface area contributed by atoms with Crippen LogP contribution >= 0.6 is 0 Å². The van der Waals surface area contributed by atoms with Gasteiger partial charge in [0.1, 0.15) is 5.75 Å². The van der Waals surface area contributed by atoms with Crippen LogP contribution in [0, 0.1) is 13.8 Å². The Labute approximate surface area is 160 Å². The molecule has 0 spiro atoms. The van der Waals surface area contributed by atoms with E-state index in [0.717, 1.165) is 16.7 Å². The van der Waals surface area contributed by atoms with Gasteiger partial charge in [0.15, 0.2) is 0 Å². The van der Waals surface area contributed by atoms with Crippen LogP contribution in [0.1, 0.15) is 16.7 Å². The highest BCUT2D eigenvalue weighted by molar-refractivity contribution is 7.89. The highest BCUT2D eigenvalue weighted by Crippen LogP contribution is 2.22. The van der Waals surface area contributed by atoms with Crippen LogP contribution in [0.3, 0.4) is 0 Å². The molecule has 1 N–H and O–H groups in total. The molecule has 0 aliphatic carbocycles. The number of piperazine rings is 1. The monoisotopic (exact) mass is 388 g/mol. The Morgan fingerprint density at radius 2 is 1.63 bits per heavy atom. The average molecular weight is 388 g/mol. The molecule has 0 atom stereocenters. The topological polar surface area (TPSA) is 77.9 Å². The van der Waals surface area contributed by atoms with Crippen molar-refractivity contribution in [3.63, 3.8) is 0 Å². The van der Waals surface area contributed by atoms with E-state index in [2.05, 4.69) is 0 Å². The smallest absolute Gasteiger partial charge is 0.243 e. The molecule has 1 aliphatic rings. The van der Waals surface area contributed by atoms with E-state index in [-0.39, 0.29) is 31.2 Å². The maximum Gasteiger partial charge on any atom is 0.243 e. The normalized spacial score (nSPS) is 15.7. The molecule has 6 nitrogen and oxygen atoms in total. The van der Waals surface area contributed by atoms with Gasteiger partial charge in [0, 0.05) is 26.2 Å². The third kappa shape index (κ3) is 4.31. The van der Waals surface area contributed by atoms with Gasteiger partial charge in [0.2, 0.25) is 15.9 Å². The number of carbonyl (C=O) groups excluding carboxylic acids is 1. The molecule has 7 heteroatoms. The van der Waals surface area contributed by atoms with E-state index in [0.29, 0.717) is 18.0 Å². The van der Waals surface area contributed by atoms with Gasteiger partial charge >= 0.3 is 0 Å². The first-order valence-corrected chi connectivity index (χ1v) is 10.3. The van der Waals surface area contributed by atoms with Gasteiger partial charge in [-0.25, -0.2) is 8.42 Å². The number of hydrogen-bond donors (Lipinski definition) is 1. The van der Waals surface area contributed by atoms with Crippen LogP contribution in [0.25, 0.3) is 0 Å². The second-order valence-electron chi connectivity index (χ2n) is 6.90. The second kappa shape index (κ2) is 7.70. The minimum atomic E-state index is -3.55. The van der Waals surface area contributed by atoms with E-state index in [4.69, 9.17) is 0 Å². The number of sulfonamides is 1. The second-order valence-corrected chi connectivity index (χ2v) is 8.80. The van der Waals surface area contributed by atoms with Crippen molar-refractivity contribution in [2.45, 2.75) is 25.2 Å². The van der Waals surface area contributed by atoms with Crippen LogP contribution < -0.4 is 0 Å². The van der Waals surface area contributed by atoms with Gasteiger partial charge in [-0.2, -0.15) is 4.31 Å². The predicted octanol–water partition coefficient (Wildman–Crippen LogP) is 2.08. The fourth-order valence-electron chi connectivity index (χ4n) is 3.31. The lowest BCUT2D eigenvalue weighted by atomic mass is 10.1. The molecule has 0 bridgehead atoms. The number of hydrogen-bond acceptors (Lipinski definition) is 4. The number of rotatable bonds is 4. The zero-order valence-corrected chi connectivity index (χ0v) is 16.4. The van der Waals surface area contributed by atoms with Crippen molar-refractivity contribution in [3.05, 3.63) is 59.2 Å². The van der Waals surface area contributed by atoms with Crippen LogP contribution in [-0.4, -0.2) is 54.8 Å². The van der Waals surface area contributed by atoms with Gasteiger partial charge in [-0.3, -0.25) is 4.79 Å². The highest BCUT2D eigenvalue weighted by atomic mass is 32.2. The first-order chi connectivity index (χ1) is 12.8. The van der Waals surface area contributed by atoms with Gasteiger partial charge in [-0.15, -0.1) is 0 Å². The summed E-state index contributed by atoms with van der Waals surface area (Å²) in [6.45, 7) is 5.06. The van der Waals surface area contributed by atoms with Crippen LogP contribution in [-0.2, 0) is 21.2 Å². The number of phenolic OH excluding ortho intramolecular Hbond substituents is 1. The molecule has 27 heavy (non-hydrogen) atoms. The molecule has 1 saturated heterocycles. The highest BCUT2D eigenvalue weighted by Gasteiger charge is 2.30. The Hall–Kier alpha value is -2.38. The van der Waals surface area contributed by atoms with E-state index in [1.807, 2.05) is 13.0 Å². The molecular formula is C20H24N2O4S. The van der Waals surface area contributed by atoms with Gasteiger partial charge in [0.25, 0.3) is 0 Å². The summed E-state index contributed by atoms with van der Waals surface area (Å²) in [5, 5.41) is 9.32. The van der Waals surface area contributed by atoms with Crippen molar-refractivity contribution in [3.8, 4) is 5.75 Å². The number of aromatic hydroxyl groups is 1. The molecule has 0 unspecified atom stereocenters. The summed E-state index contributed by atoms with van der Waals surface area (Å²) in [7, 11) is -3.55. The predicted molar refractivity (Wildman–Crippen MR) is 103 cm³/mol. The third-order valence-corrected chi connectivity index (χ3v) is 6.89. The summed E-state index contributed by atoms with van der Waals surface area (Å²) >= 11 is 0. The van der Waals surface area contributed by atoms with Crippen molar-refractivity contribution in [2.75, 3.05) is 26.2 Å². The minimum Gasteiger partial charge on any atom is -0.508 e. The lowest BCUT2D eigenvalue weighted by molar-refractivity contribution is -0.131. The molecule has 3 rings (SSSR count). The molecular weight excluding hydrogens is 364 g/mol. The zero-order chi connectivity index (χ0) is 19.6. The first kappa shape index (κ1) is 19.4. The van der Waals surface area contributed by atoms with Crippen molar-refractivity contribution < 1.29 is 18.3 Å². The number of nitrogens with zero attached hydrogens (tertiary/aromatic N) is 2. The molecule has 1 aliphatic heterocycles. The zero-order valence-electron chi connectivity index (χ0n) is 15.6. The number of aryl methyl sites for hydroxylation is 2. The molecule has 0 radical (unpaired) electrons. The van der Waals surface area contributed by atoms with Gasteiger partial charge < -0.3 is 10.0 Å². The minimum absolute atomic E-state index is 0.0377. The Balaban J connectivity index is 1.64. The van der Waals surface area contributed by atoms with E-state index < -0.39 is 10.0 Å². The Kier molecular flexibility index (Phi) is 5.53. The summed E-state index contributed by atoms with van der Waals surface area (Å²) in [6, 6.07) is 11.9. The van der Waals surface area contributed by atoms with Crippen molar-refractivity contribution in [1.82, 2.24) is 9.21 Å². The van der Waals surface area contributed by atoms with Crippen LogP contribution in [0.4, 0.5) is 0 Å². The van der Waals surface area contributed by atoms with E-state index in [1.54, 1.807) is 48.2 Å². The molecule has 2 aromatic rings. The largest absolute Gasteiger partial charge is 0.508 e. The summed E-state index contributed by atoms with van der Waals surface area (Å²) < 4.78 is 27.3. The van der Waals surface area contributed by atoms with Crippen LogP contribution in [0.2, 0.25) is 0 Å². The summed E-state index contributed by atoms with van der Waals surface area (Å²) in [6.07, 6.45) is 0.240. The van der Waals surface area contributed by atoms with Gasteiger partial charge in [-0.05, 0) is 43.2 Å². The first-order valence-electron chi connectivity index (χ1n) is 8.90. The number of benzene rings is 2. The molecule has 1 fully saturated rings. The number of phenols is 1. The lowest BCUT2D eigenvalue weighted by Crippen LogP contribution is -2.50. The molecule has 144 valence electrons. The van der Waals surface area contributed by atoms with Gasteiger partial charge in [0.05, 0.1) is 11.3 Å². The van der Waals surface area contributed by atoms with E-state index in [9.17, 15) is 18.3 Å². The number of amides is 1. The Morgan fingerprint density at radius 1 is 1.00 bits per heavy atom. The third-order valence-electron chi connectivity index (χ3n) is 4.83. The maximum absolute atomic E-state index is 12.9. The number of carbonyl (C=O) groups is 1. The van der Waals surface area contributed by atoms with Gasteiger partial charge in [-0.1, -0.05) is 29.8 Å². The quantitative estimate of drug-likeness (QED) is 0.870. The maximum atomic E-state index is 12.9. The molecule has 0 aromatic heterocycles. The molecule has 1 heterocycles. The average Bonchev–Trinajstić information content (AvgIpc) is 2.63. The fourth-order valence-corrected chi connectivity index (χ4v) is 4.93. The van der Waals surface area contributed by atoms with Crippen LogP contribution in [0.15, 0.2) is 47.4 Å². The van der Waals surface area contributed by atoms with Crippen molar-refractivity contribution in [1.29, 1.82) is 0 Å². The fraction of sp³-hybridized carbons (Fsp3) is 0.350. The molecule has 1 amide bonds. The van der Waals surface area contributed by atoms with Crippen molar-refractivity contribution in [2.24, 2.45) is 0 Å². The van der Waals surface area contributed by atoms with E-state index >= 15 is 0 Å². The Morgan fingerprint density at radius 3 is 2.22 bits per heavy atom. The Bertz CT molecular complexity index is 931. The lowest BCUT2D eigenvalue weighted by Gasteiger charge is -2.34. The standard InChI is InChI=1S/C20H24N2O4S/c1-15-3-8-19(16(2)13-15)27(25,26)22-11-9-21(10-12-22)20(24)14-17-4-6-18(23)7-5-17/h3-8,13,23H,9-12,14H2,1-2H3. The molecule has 2 aromatic carbocycles. The van der Waals surface area contributed by atoms with Crippen molar-refractivity contribution >= 4 is 15.9 Å². The summed E-state index contributed by atoms with van der Waals surface area (Å²) in [5.41, 5.74) is 2.58. The van der Waals surface area contributed by atoms with E-state index in [1.165, 1.54) is 4.31 Å².